The number of nitrogen functional groups attached to an aromatic ring is 1. The van der Waals surface area contributed by atoms with Crippen LogP contribution in [-0.2, 0) is 33.3 Å². The third-order valence-corrected chi connectivity index (χ3v) is 4.49. The number of carbonyl (C=O) groups is 3. The number of aromatic nitrogens is 3. The van der Waals surface area contributed by atoms with Gasteiger partial charge in [-0.25, -0.2) is 14.4 Å². The molecule has 164 valence electrons. The highest BCUT2D eigenvalue weighted by molar-refractivity contribution is 5.83. The number of imidazole rings is 1. The number of alkyl halides is 1. The molecule has 0 bridgehead atoms. The molecule has 2 aromatic heterocycles. The van der Waals surface area contributed by atoms with E-state index in [2.05, 4.69) is 15.9 Å². The van der Waals surface area contributed by atoms with Gasteiger partial charge in [-0.15, -0.1) is 6.42 Å². The minimum atomic E-state index is -2.97. The first-order valence-electron chi connectivity index (χ1n) is 8.95. The Morgan fingerprint density at radius 3 is 2.58 bits per heavy atom. The van der Waals surface area contributed by atoms with E-state index in [-0.39, 0.29) is 16.9 Å². The van der Waals surface area contributed by atoms with Crippen molar-refractivity contribution in [2.75, 3.05) is 12.3 Å². The highest BCUT2D eigenvalue weighted by Crippen LogP contribution is 2.50. The van der Waals surface area contributed by atoms with E-state index in [1.807, 2.05) is 0 Å². The van der Waals surface area contributed by atoms with Crippen molar-refractivity contribution < 1.29 is 37.7 Å². The second-order valence-corrected chi connectivity index (χ2v) is 6.78. The first-order chi connectivity index (χ1) is 14.5. The number of carbonyl (C=O) groups excluding carboxylic acids is 3. The van der Waals surface area contributed by atoms with E-state index in [1.54, 1.807) is 0 Å². The van der Waals surface area contributed by atoms with Crippen LogP contribution in [0.25, 0.3) is 11.2 Å². The molecule has 0 aliphatic carbocycles. The summed E-state index contributed by atoms with van der Waals surface area (Å²) < 4.78 is 37.9. The average Bonchev–Trinajstić information content (AvgIpc) is 3.20. The number of hydrogen-bond acceptors (Lipinski definition) is 10. The van der Waals surface area contributed by atoms with Gasteiger partial charge in [-0.3, -0.25) is 19.0 Å². The number of anilines is 1. The van der Waals surface area contributed by atoms with Crippen LogP contribution in [0.2, 0.25) is 0 Å². The summed E-state index contributed by atoms with van der Waals surface area (Å²) >= 11 is 0. The first kappa shape index (κ1) is 22.0. The van der Waals surface area contributed by atoms with E-state index in [9.17, 15) is 14.4 Å². The zero-order valence-electron chi connectivity index (χ0n) is 16.8. The van der Waals surface area contributed by atoms with Gasteiger partial charge in [0.1, 0.15) is 5.52 Å². The minimum Gasteiger partial charge on any atom is -0.460 e. The van der Waals surface area contributed by atoms with Crippen LogP contribution in [0.5, 0.6) is 0 Å². The number of nitrogens with zero attached hydrogens (tertiary/aromatic N) is 3. The summed E-state index contributed by atoms with van der Waals surface area (Å²) in [7, 11) is 0. The lowest BCUT2D eigenvalue weighted by Gasteiger charge is -2.33. The topological polar surface area (TPSA) is 145 Å². The SMILES string of the molecule is C#C[C@]1(OC(C)=O)[C@H](n2cnc3c(N)ccnc32)O[C@](F)(COC(C)=O)[C@H]1OC(C)=O. The van der Waals surface area contributed by atoms with Crippen LogP contribution < -0.4 is 5.73 Å². The molecule has 1 aliphatic rings. The Morgan fingerprint density at radius 2 is 2.00 bits per heavy atom. The quantitative estimate of drug-likeness (QED) is 0.404. The summed E-state index contributed by atoms with van der Waals surface area (Å²) in [4.78, 5) is 43.2. The van der Waals surface area contributed by atoms with E-state index >= 15 is 4.39 Å². The van der Waals surface area contributed by atoms with Crippen LogP contribution in [0.3, 0.4) is 0 Å². The second kappa shape index (κ2) is 7.84. The molecule has 4 atom stereocenters. The fraction of sp³-hybridized carbons (Fsp3) is 0.421. The van der Waals surface area contributed by atoms with Gasteiger partial charge in [-0.1, -0.05) is 0 Å². The van der Waals surface area contributed by atoms with E-state index in [0.717, 1.165) is 20.8 Å². The van der Waals surface area contributed by atoms with Gasteiger partial charge in [0, 0.05) is 27.0 Å². The van der Waals surface area contributed by atoms with Crippen LogP contribution in [0.15, 0.2) is 18.6 Å². The molecule has 0 amide bonds. The number of rotatable bonds is 5. The molecule has 11 nitrogen and oxygen atoms in total. The molecule has 0 spiro atoms. The molecule has 0 unspecified atom stereocenters. The Morgan fingerprint density at radius 1 is 1.29 bits per heavy atom. The predicted octanol–water partition coefficient (Wildman–Crippen LogP) is 0.638. The highest BCUT2D eigenvalue weighted by Gasteiger charge is 2.71. The van der Waals surface area contributed by atoms with Crippen LogP contribution in [0.1, 0.15) is 27.0 Å². The van der Waals surface area contributed by atoms with E-state index in [4.69, 9.17) is 31.1 Å². The summed E-state index contributed by atoms with van der Waals surface area (Å²) in [6, 6.07) is 1.50. The lowest BCUT2D eigenvalue weighted by Crippen LogP contribution is -2.54. The van der Waals surface area contributed by atoms with Gasteiger partial charge in [0.05, 0.1) is 12.0 Å². The summed E-state index contributed by atoms with van der Waals surface area (Å²) in [5, 5.41) is 0. The molecule has 2 aromatic rings. The van der Waals surface area contributed by atoms with Gasteiger partial charge >= 0.3 is 17.9 Å². The van der Waals surface area contributed by atoms with Crippen molar-refractivity contribution in [2.24, 2.45) is 0 Å². The molecule has 0 radical (unpaired) electrons. The second-order valence-electron chi connectivity index (χ2n) is 6.78. The average molecular weight is 434 g/mol. The number of terminal acetylenes is 1. The fourth-order valence-corrected chi connectivity index (χ4v) is 3.34. The molecular weight excluding hydrogens is 415 g/mol. The molecule has 3 rings (SSSR count). The van der Waals surface area contributed by atoms with Crippen molar-refractivity contribution >= 4 is 34.8 Å². The number of halogens is 1. The van der Waals surface area contributed by atoms with E-state index < -0.39 is 48.3 Å². The third kappa shape index (κ3) is 3.75. The highest BCUT2D eigenvalue weighted by atomic mass is 19.2. The Bertz CT molecular complexity index is 1100. The molecule has 0 aromatic carbocycles. The van der Waals surface area contributed by atoms with Crippen LogP contribution in [0, 0.1) is 12.3 Å². The fourth-order valence-electron chi connectivity index (χ4n) is 3.34. The van der Waals surface area contributed by atoms with Gasteiger partial charge in [-0.2, -0.15) is 0 Å². The third-order valence-electron chi connectivity index (χ3n) is 4.49. The van der Waals surface area contributed by atoms with E-state index in [0.29, 0.717) is 0 Å². The van der Waals surface area contributed by atoms with Gasteiger partial charge in [-0.05, 0) is 12.0 Å². The molecule has 31 heavy (non-hydrogen) atoms. The van der Waals surface area contributed by atoms with Gasteiger partial charge < -0.3 is 24.7 Å². The van der Waals surface area contributed by atoms with Crippen molar-refractivity contribution in [2.45, 2.75) is 44.6 Å². The predicted molar refractivity (Wildman–Crippen MR) is 101 cm³/mol. The zero-order chi connectivity index (χ0) is 23.0. The maximum atomic E-state index is 16.0. The summed E-state index contributed by atoms with van der Waals surface area (Å²) in [6.07, 6.45) is 4.66. The number of pyridine rings is 1. The number of fused-ring (bicyclic) bond motifs is 1. The Hall–Kier alpha value is -3.72. The normalized spacial score (nSPS) is 27.5. The number of nitrogens with two attached hydrogens (primary N) is 1. The minimum absolute atomic E-state index is 0.134. The molecule has 1 fully saturated rings. The smallest absolute Gasteiger partial charge is 0.304 e. The lowest BCUT2D eigenvalue weighted by atomic mass is 9.93. The van der Waals surface area contributed by atoms with Gasteiger partial charge in [0.25, 0.3) is 11.5 Å². The Balaban J connectivity index is 2.23. The van der Waals surface area contributed by atoms with E-state index in [1.165, 1.54) is 23.2 Å². The van der Waals surface area contributed by atoms with Crippen molar-refractivity contribution in [3.8, 4) is 12.3 Å². The van der Waals surface area contributed by atoms with Crippen molar-refractivity contribution in [3.05, 3.63) is 18.6 Å². The zero-order valence-corrected chi connectivity index (χ0v) is 16.8. The Kier molecular flexibility index (Phi) is 5.56. The molecule has 3 heterocycles. The largest absolute Gasteiger partial charge is 0.460 e. The van der Waals surface area contributed by atoms with Crippen LogP contribution in [-0.4, -0.2) is 56.6 Å². The molecule has 12 heteroatoms. The van der Waals surface area contributed by atoms with Crippen LogP contribution >= 0.6 is 0 Å². The number of esters is 3. The number of hydrogen-bond donors (Lipinski definition) is 1. The lowest BCUT2D eigenvalue weighted by molar-refractivity contribution is -0.223. The van der Waals surface area contributed by atoms with Gasteiger partial charge in [0.15, 0.2) is 18.5 Å². The van der Waals surface area contributed by atoms with Crippen molar-refractivity contribution in [3.63, 3.8) is 0 Å². The Labute approximate surface area is 175 Å². The summed E-state index contributed by atoms with van der Waals surface area (Å²) in [6.45, 7) is 2.09. The molecule has 1 saturated heterocycles. The monoisotopic (exact) mass is 434 g/mol. The first-order valence-corrected chi connectivity index (χ1v) is 8.95. The molecule has 2 N–H and O–H groups in total. The molecular formula is C19H19FN4O7. The van der Waals surface area contributed by atoms with Crippen molar-refractivity contribution in [1.82, 2.24) is 14.5 Å². The molecule has 1 aliphatic heterocycles. The number of ether oxygens (including phenoxy) is 4. The van der Waals surface area contributed by atoms with Crippen molar-refractivity contribution in [1.29, 1.82) is 0 Å². The van der Waals surface area contributed by atoms with Gasteiger partial charge in [0.2, 0.25) is 6.10 Å². The van der Waals surface area contributed by atoms with Crippen LogP contribution in [0.4, 0.5) is 10.1 Å². The molecule has 0 saturated carbocycles. The maximum absolute atomic E-state index is 16.0. The standard InChI is InChI=1S/C19H19FN4O7/c1-5-18(30-12(4)27)16(29-11(3)26)19(20,8-28-10(2)25)31-17(18)24-9-23-14-13(21)6-7-22-15(14)24/h1,6-7,9,16-17H,8H2,2-4H3,(H2,21,22)/t16-,17+,18+,19+/m0/s1. The summed E-state index contributed by atoms with van der Waals surface area (Å²) in [5.74, 6) is -3.45. The summed E-state index contributed by atoms with van der Waals surface area (Å²) in [5.41, 5.74) is 4.25. The maximum Gasteiger partial charge on any atom is 0.304 e.